The zero-order chi connectivity index (χ0) is 55.7. The molecule has 0 saturated heterocycles. The number of carbonyl (C=O) groups excluding carboxylic acids is 3. The maximum atomic E-state index is 12.9. The number of hydrogen-bond acceptors (Lipinski definition) is 6. The first-order chi connectivity index (χ1) is 38.0. The number of unbranched alkanes of at least 4 members (excludes halogenated alkanes) is 17. The summed E-state index contributed by atoms with van der Waals surface area (Å²) in [6.07, 6.45) is 92.4. The van der Waals surface area contributed by atoms with E-state index in [0.29, 0.717) is 19.3 Å². The Morgan fingerprint density at radius 2 is 0.506 bits per heavy atom. The van der Waals surface area contributed by atoms with E-state index in [1.165, 1.54) is 70.6 Å². The van der Waals surface area contributed by atoms with Gasteiger partial charge in [0, 0.05) is 19.3 Å². The fourth-order valence-electron chi connectivity index (χ4n) is 7.91. The monoisotopic (exact) mass is 1060 g/mol. The normalized spacial score (nSPS) is 13.2. The molecule has 0 aromatic carbocycles. The lowest BCUT2D eigenvalue weighted by molar-refractivity contribution is -0.167. The van der Waals surface area contributed by atoms with E-state index < -0.39 is 6.10 Å². The van der Waals surface area contributed by atoms with Crippen LogP contribution in [0.3, 0.4) is 0 Å². The van der Waals surface area contributed by atoms with E-state index in [1.54, 1.807) is 0 Å². The highest BCUT2D eigenvalue weighted by Gasteiger charge is 2.19. The molecule has 0 spiro atoms. The van der Waals surface area contributed by atoms with E-state index in [-0.39, 0.29) is 44.0 Å². The first-order valence-electron chi connectivity index (χ1n) is 31.0. The molecule has 0 aromatic rings. The van der Waals surface area contributed by atoms with Crippen LogP contribution in [0.1, 0.15) is 252 Å². The molecule has 1 unspecified atom stereocenters. The molecule has 0 bridgehead atoms. The number of allylic oxidation sites excluding steroid dienone is 26. The summed E-state index contributed by atoms with van der Waals surface area (Å²) in [4.78, 5) is 38.3. The summed E-state index contributed by atoms with van der Waals surface area (Å²) >= 11 is 0. The van der Waals surface area contributed by atoms with Crippen LogP contribution >= 0.6 is 0 Å². The summed E-state index contributed by atoms with van der Waals surface area (Å²) in [6.45, 7) is 6.32. The van der Waals surface area contributed by atoms with Gasteiger partial charge in [-0.05, 0) is 148 Å². The molecule has 6 heteroatoms. The van der Waals surface area contributed by atoms with Crippen molar-refractivity contribution >= 4 is 17.9 Å². The van der Waals surface area contributed by atoms with Crippen molar-refractivity contribution in [3.8, 4) is 0 Å². The van der Waals surface area contributed by atoms with Gasteiger partial charge in [0.2, 0.25) is 0 Å². The Kier molecular flexibility index (Phi) is 59.5. The zero-order valence-corrected chi connectivity index (χ0v) is 49.4. The van der Waals surface area contributed by atoms with Gasteiger partial charge in [-0.1, -0.05) is 243 Å². The Balaban J connectivity index is 4.57. The molecule has 0 aliphatic carbocycles. The minimum Gasteiger partial charge on any atom is -0.462 e. The molecule has 1 atom stereocenters. The van der Waals surface area contributed by atoms with Gasteiger partial charge in [0.25, 0.3) is 0 Å². The third-order valence-electron chi connectivity index (χ3n) is 12.5. The summed E-state index contributed by atoms with van der Waals surface area (Å²) in [5.74, 6) is -1.00. The molecule has 0 amide bonds. The molecule has 0 aromatic heterocycles. The van der Waals surface area contributed by atoms with Gasteiger partial charge in [0.1, 0.15) is 13.2 Å². The lowest BCUT2D eigenvalue weighted by Gasteiger charge is -2.18. The molecule has 432 valence electrons. The minimum absolute atomic E-state index is 0.115. The van der Waals surface area contributed by atoms with E-state index in [1.807, 2.05) is 0 Å². The van der Waals surface area contributed by atoms with Crippen molar-refractivity contribution in [3.05, 3.63) is 158 Å². The fraction of sp³-hybridized carbons (Fsp3) is 0.592. The first kappa shape index (κ1) is 72.0. The predicted octanol–water partition coefficient (Wildman–Crippen LogP) is 21.3. The van der Waals surface area contributed by atoms with Gasteiger partial charge in [-0.3, -0.25) is 14.4 Å². The average Bonchev–Trinajstić information content (AvgIpc) is 3.43. The molecule has 0 aliphatic heterocycles. The second-order valence-electron chi connectivity index (χ2n) is 19.8. The fourth-order valence-corrected chi connectivity index (χ4v) is 7.91. The van der Waals surface area contributed by atoms with Crippen molar-refractivity contribution in [2.24, 2.45) is 0 Å². The molecule has 6 nitrogen and oxygen atoms in total. The number of hydrogen-bond donors (Lipinski definition) is 0. The molecule has 0 aliphatic rings. The summed E-state index contributed by atoms with van der Waals surface area (Å²) in [5.41, 5.74) is 0. The molecule has 0 rings (SSSR count). The maximum absolute atomic E-state index is 12.9. The SMILES string of the molecule is CC/C=C\C/C=C\C/C=C\C/C=C\C/C=C\C/C=C\CCCCC(=O)OCC(COC(=O)CCCCCCCCCCC/C=C\C/C=C\CCCCC)OC(=O)CCCCC/C=C\C/C=C\C/C=C\C/C=C\C/C=C\CC. The van der Waals surface area contributed by atoms with Crippen LogP contribution in [-0.4, -0.2) is 37.2 Å². The molecule has 0 heterocycles. The standard InChI is InChI=1S/C71H112O6/c1-4-7-10-13-16-19-22-25-28-31-34-35-38-40-43-46-49-52-55-58-61-64-70(73)76-67-68(77-71(74)65-62-59-56-53-50-47-44-41-37-33-30-27-24-21-18-15-12-9-6-3)66-75-69(72)63-60-57-54-51-48-45-42-39-36-32-29-26-23-20-17-14-11-8-5-2/h7,9-10,12,16-21,25-30,34-35,37,40-41,43,47,49-50,52,68H,4-6,8,11,13-15,22-24,31-33,36,38-39,42,44-46,48,51,53-67H2,1-3H3/b10-7-,12-9-,19-16-,20-17-,21-18-,28-25-,29-26-,30-27-,35-34-,41-37-,43-40-,50-47-,52-49-. The van der Waals surface area contributed by atoms with Crippen LogP contribution in [0.25, 0.3) is 0 Å². The van der Waals surface area contributed by atoms with Crippen LogP contribution in [0.4, 0.5) is 0 Å². The van der Waals surface area contributed by atoms with Crippen molar-refractivity contribution in [3.63, 3.8) is 0 Å². The van der Waals surface area contributed by atoms with Gasteiger partial charge in [-0.25, -0.2) is 0 Å². The van der Waals surface area contributed by atoms with Crippen molar-refractivity contribution in [1.82, 2.24) is 0 Å². The van der Waals surface area contributed by atoms with Crippen molar-refractivity contribution in [2.75, 3.05) is 13.2 Å². The molecule has 0 fully saturated rings. The molecule has 0 saturated carbocycles. The second kappa shape index (κ2) is 63.6. The molecule has 77 heavy (non-hydrogen) atoms. The van der Waals surface area contributed by atoms with E-state index in [2.05, 4.69) is 179 Å². The predicted molar refractivity (Wildman–Crippen MR) is 334 cm³/mol. The van der Waals surface area contributed by atoms with Crippen molar-refractivity contribution in [2.45, 2.75) is 258 Å². The highest BCUT2D eigenvalue weighted by Crippen LogP contribution is 2.14. The number of carbonyl (C=O) groups is 3. The van der Waals surface area contributed by atoms with E-state index in [9.17, 15) is 14.4 Å². The van der Waals surface area contributed by atoms with Gasteiger partial charge in [0.15, 0.2) is 6.10 Å². The third-order valence-corrected chi connectivity index (χ3v) is 12.5. The van der Waals surface area contributed by atoms with Crippen LogP contribution in [0.2, 0.25) is 0 Å². The van der Waals surface area contributed by atoms with Crippen molar-refractivity contribution < 1.29 is 28.6 Å². The average molecular weight is 1060 g/mol. The topological polar surface area (TPSA) is 78.9 Å². The van der Waals surface area contributed by atoms with Gasteiger partial charge in [-0.15, -0.1) is 0 Å². The Hall–Kier alpha value is -4.97. The highest BCUT2D eigenvalue weighted by molar-refractivity contribution is 5.71. The van der Waals surface area contributed by atoms with Crippen molar-refractivity contribution in [1.29, 1.82) is 0 Å². The van der Waals surface area contributed by atoms with Crippen LogP contribution in [0.5, 0.6) is 0 Å². The summed E-state index contributed by atoms with van der Waals surface area (Å²) < 4.78 is 16.9. The van der Waals surface area contributed by atoms with E-state index in [4.69, 9.17) is 14.2 Å². The number of ether oxygens (including phenoxy) is 3. The maximum Gasteiger partial charge on any atom is 0.306 e. The first-order valence-corrected chi connectivity index (χ1v) is 31.0. The third kappa shape index (κ3) is 61.8. The largest absolute Gasteiger partial charge is 0.462 e. The smallest absolute Gasteiger partial charge is 0.306 e. The quantitative estimate of drug-likeness (QED) is 0.0261. The molecule has 0 N–H and O–H groups in total. The minimum atomic E-state index is -0.825. The summed E-state index contributed by atoms with van der Waals surface area (Å²) in [7, 11) is 0. The molecule has 0 radical (unpaired) electrons. The highest BCUT2D eigenvalue weighted by atomic mass is 16.6. The Morgan fingerprint density at radius 3 is 0.831 bits per heavy atom. The van der Waals surface area contributed by atoms with Crippen LogP contribution in [0, 0.1) is 0 Å². The Labute approximate surface area is 473 Å². The zero-order valence-electron chi connectivity index (χ0n) is 49.4. The lowest BCUT2D eigenvalue weighted by atomic mass is 10.1. The summed E-state index contributed by atoms with van der Waals surface area (Å²) in [5, 5.41) is 0. The number of rotatable bonds is 54. The second-order valence-corrected chi connectivity index (χ2v) is 19.8. The summed E-state index contributed by atoms with van der Waals surface area (Å²) in [6, 6.07) is 0. The molecular weight excluding hydrogens is 949 g/mol. The van der Waals surface area contributed by atoms with Crippen LogP contribution < -0.4 is 0 Å². The van der Waals surface area contributed by atoms with Gasteiger partial charge in [-0.2, -0.15) is 0 Å². The Morgan fingerprint density at radius 1 is 0.273 bits per heavy atom. The van der Waals surface area contributed by atoms with Gasteiger partial charge < -0.3 is 14.2 Å². The van der Waals surface area contributed by atoms with E-state index in [0.717, 1.165) is 128 Å². The molecular formula is C71H112O6. The Bertz CT molecular complexity index is 1740. The number of esters is 3. The van der Waals surface area contributed by atoms with Crippen LogP contribution in [0.15, 0.2) is 158 Å². The van der Waals surface area contributed by atoms with Crippen LogP contribution in [-0.2, 0) is 28.6 Å². The van der Waals surface area contributed by atoms with Gasteiger partial charge >= 0.3 is 17.9 Å². The lowest BCUT2D eigenvalue weighted by Crippen LogP contribution is -2.30. The van der Waals surface area contributed by atoms with Gasteiger partial charge in [0.05, 0.1) is 0 Å². The van der Waals surface area contributed by atoms with E-state index >= 15 is 0 Å².